The molecule has 0 saturated carbocycles. The topological polar surface area (TPSA) is 58.6 Å². The molecule has 64 valence electrons. The monoisotopic (exact) mass is 159 g/mol. The molecule has 1 saturated heterocycles. The number of carboxylic acids is 1. The van der Waals surface area contributed by atoms with Crippen LogP contribution >= 0.6 is 0 Å². The Morgan fingerprint density at radius 3 is 2.91 bits per heavy atom. The molecule has 1 heterocycles. The number of likely N-dealkylation sites (N-methyl/N-ethyl adjacent to an activating group) is 1. The lowest BCUT2D eigenvalue weighted by atomic mass is 10.2. The van der Waals surface area contributed by atoms with Gasteiger partial charge in [0.25, 0.3) is 0 Å². The Labute approximate surface area is 65.5 Å². The average Bonchev–Trinajstić information content (AvgIpc) is 2.37. The number of ether oxygens (including phenoxy) is 1. The van der Waals surface area contributed by atoms with E-state index >= 15 is 0 Å². The van der Waals surface area contributed by atoms with Gasteiger partial charge in [0, 0.05) is 6.54 Å². The van der Waals surface area contributed by atoms with E-state index in [2.05, 4.69) is 5.32 Å². The summed E-state index contributed by atoms with van der Waals surface area (Å²) in [5, 5.41) is 11.5. The number of carbonyl (C=O) groups is 1. The standard InChI is InChI=1S/C7H13NO3/c1-8-4-5-2-3-6(11-5)7(9)10/h5-6,8H,2-4H2,1H3,(H,9,10). The molecule has 4 nitrogen and oxygen atoms in total. The highest BCUT2D eigenvalue weighted by atomic mass is 16.5. The second kappa shape index (κ2) is 3.69. The van der Waals surface area contributed by atoms with Crippen molar-refractivity contribution in [2.24, 2.45) is 0 Å². The maximum atomic E-state index is 10.4. The van der Waals surface area contributed by atoms with Crippen molar-refractivity contribution < 1.29 is 14.6 Å². The van der Waals surface area contributed by atoms with Gasteiger partial charge in [0.1, 0.15) is 0 Å². The Kier molecular flexibility index (Phi) is 2.84. The van der Waals surface area contributed by atoms with E-state index in [9.17, 15) is 4.79 Å². The molecule has 0 aromatic carbocycles. The Morgan fingerprint density at radius 2 is 2.45 bits per heavy atom. The average molecular weight is 159 g/mol. The van der Waals surface area contributed by atoms with Gasteiger partial charge >= 0.3 is 5.97 Å². The molecule has 0 aromatic rings. The summed E-state index contributed by atoms with van der Waals surface area (Å²) in [4.78, 5) is 10.4. The van der Waals surface area contributed by atoms with Crippen molar-refractivity contribution in [1.29, 1.82) is 0 Å². The van der Waals surface area contributed by atoms with Crippen molar-refractivity contribution in [3.8, 4) is 0 Å². The molecular weight excluding hydrogens is 146 g/mol. The van der Waals surface area contributed by atoms with Gasteiger partial charge in [0.15, 0.2) is 6.10 Å². The molecule has 0 radical (unpaired) electrons. The third kappa shape index (κ3) is 2.17. The highest BCUT2D eigenvalue weighted by Crippen LogP contribution is 2.18. The summed E-state index contributed by atoms with van der Waals surface area (Å²) in [6.07, 6.45) is 0.994. The molecule has 1 fully saturated rings. The SMILES string of the molecule is CNCC1CCC(C(=O)O)O1. The van der Waals surface area contributed by atoms with Crippen LogP contribution in [0.5, 0.6) is 0 Å². The summed E-state index contributed by atoms with van der Waals surface area (Å²) in [5.74, 6) is -0.844. The summed E-state index contributed by atoms with van der Waals surface area (Å²) in [6, 6.07) is 0. The van der Waals surface area contributed by atoms with E-state index in [0.29, 0.717) is 6.42 Å². The Bertz CT molecular complexity index is 149. The lowest BCUT2D eigenvalue weighted by Gasteiger charge is -2.09. The molecule has 1 aliphatic rings. The van der Waals surface area contributed by atoms with Crippen molar-refractivity contribution in [1.82, 2.24) is 5.32 Å². The zero-order chi connectivity index (χ0) is 8.27. The van der Waals surface area contributed by atoms with Gasteiger partial charge in [0.05, 0.1) is 6.10 Å². The molecule has 4 heteroatoms. The number of hydrogen-bond donors (Lipinski definition) is 2. The number of carboxylic acid groups (broad SMARTS) is 1. The van der Waals surface area contributed by atoms with Crippen molar-refractivity contribution in [2.45, 2.75) is 25.0 Å². The Balaban J connectivity index is 2.29. The molecule has 1 rings (SSSR count). The predicted octanol–water partition coefficient (Wildman–Crippen LogP) is -0.162. The largest absolute Gasteiger partial charge is 0.479 e. The summed E-state index contributed by atoms with van der Waals surface area (Å²) < 4.78 is 5.20. The van der Waals surface area contributed by atoms with Crippen LogP contribution in [0.4, 0.5) is 0 Å². The van der Waals surface area contributed by atoms with Gasteiger partial charge in [-0.2, -0.15) is 0 Å². The van der Waals surface area contributed by atoms with E-state index in [-0.39, 0.29) is 6.10 Å². The van der Waals surface area contributed by atoms with Gasteiger partial charge < -0.3 is 15.2 Å². The van der Waals surface area contributed by atoms with Gasteiger partial charge in [-0.25, -0.2) is 4.79 Å². The van der Waals surface area contributed by atoms with Crippen LogP contribution in [-0.2, 0) is 9.53 Å². The Hall–Kier alpha value is -0.610. The second-order valence-corrected chi connectivity index (χ2v) is 2.72. The summed E-state index contributed by atoms with van der Waals surface area (Å²) in [6.45, 7) is 0.740. The van der Waals surface area contributed by atoms with Gasteiger partial charge in [-0.05, 0) is 19.9 Å². The van der Waals surface area contributed by atoms with Gasteiger partial charge in [-0.15, -0.1) is 0 Å². The van der Waals surface area contributed by atoms with E-state index in [0.717, 1.165) is 13.0 Å². The van der Waals surface area contributed by atoms with Gasteiger partial charge in [-0.3, -0.25) is 0 Å². The molecule has 11 heavy (non-hydrogen) atoms. The second-order valence-electron chi connectivity index (χ2n) is 2.72. The van der Waals surface area contributed by atoms with E-state index in [1.54, 1.807) is 0 Å². The van der Waals surface area contributed by atoms with Crippen molar-refractivity contribution in [2.75, 3.05) is 13.6 Å². The Morgan fingerprint density at radius 1 is 1.73 bits per heavy atom. The minimum Gasteiger partial charge on any atom is -0.479 e. The fraction of sp³-hybridized carbons (Fsp3) is 0.857. The van der Waals surface area contributed by atoms with Crippen molar-refractivity contribution in [3.63, 3.8) is 0 Å². The molecular formula is C7H13NO3. The van der Waals surface area contributed by atoms with Crippen LogP contribution in [0.25, 0.3) is 0 Å². The van der Waals surface area contributed by atoms with Crippen LogP contribution in [0.1, 0.15) is 12.8 Å². The molecule has 0 aromatic heterocycles. The van der Waals surface area contributed by atoms with Crippen LogP contribution in [0.2, 0.25) is 0 Å². The molecule has 1 aliphatic heterocycles. The fourth-order valence-electron chi connectivity index (χ4n) is 1.27. The zero-order valence-electron chi connectivity index (χ0n) is 6.54. The molecule has 2 N–H and O–H groups in total. The minimum atomic E-state index is -0.844. The molecule has 0 aliphatic carbocycles. The molecule has 2 unspecified atom stereocenters. The first-order valence-electron chi connectivity index (χ1n) is 3.77. The number of aliphatic carboxylic acids is 1. The van der Waals surface area contributed by atoms with Crippen LogP contribution in [0.3, 0.4) is 0 Å². The number of rotatable bonds is 3. The normalized spacial score (nSPS) is 30.6. The van der Waals surface area contributed by atoms with E-state index in [4.69, 9.17) is 9.84 Å². The zero-order valence-corrected chi connectivity index (χ0v) is 6.54. The summed E-state index contributed by atoms with van der Waals surface area (Å²) >= 11 is 0. The van der Waals surface area contributed by atoms with Crippen molar-refractivity contribution in [3.05, 3.63) is 0 Å². The molecule has 2 atom stereocenters. The lowest BCUT2D eigenvalue weighted by molar-refractivity contribution is -0.149. The van der Waals surface area contributed by atoms with E-state index in [1.165, 1.54) is 0 Å². The molecule has 0 bridgehead atoms. The molecule has 0 spiro atoms. The lowest BCUT2D eigenvalue weighted by Crippen LogP contribution is -2.26. The quantitative estimate of drug-likeness (QED) is 0.600. The number of nitrogens with one attached hydrogen (secondary N) is 1. The maximum Gasteiger partial charge on any atom is 0.332 e. The smallest absolute Gasteiger partial charge is 0.332 e. The predicted molar refractivity (Wildman–Crippen MR) is 39.5 cm³/mol. The van der Waals surface area contributed by atoms with Crippen LogP contribution in [0, 0.1) is 0 Å². The number of hydrogen-bond acceptors (Lipinski definition) is 3. The first kappa shape index (κ1) is 8.49. The van der Waals surface area contributed by atoms with Crippen LogP contribution in [0.15, 0.2) is 0 Å². The summed E-state index contributed by atoms with van der Waals surface area (Å²) in [5.41, 5.74) is 0. The minimum absolute atomic E-state index is 0.0844. The van der Waals surface area contributed by atoms with Gasteiger partial charge in [-0.1, -0.05) is 0 Å². The highest BCUT2D eigenvalue weighted by Gasteiger charge is 2.29. The van der Waals surface area contributed by atoms with Gasteiger partial charge in [0.2, 0.25) is 0 Å². The summed E-state index contributed by atoms with van der Waals surface area (Å²) in [7, 11) is 1.83. The van der Waals surface area contributed by atoms with E-state index < -0.39 is 12.1 Å². The highest BCUT2D eigenvalue weighted by molar-refractivity contribution is 5.72. The van der Waals surface area contributed by atoms with Crippen molar-refractivity contribution >= 4 is 5.97 Å². The fourth-order valence-corrected chi connectivity index (χ4v) is 1.27. The third-order valence-corrected chi connectivity index (χ3v) is 1.81. The maximum absolute atomic E-state index is 10.4. The van der Waals surface area contributed by atoms with Crippen LogP contribution in [-0.4, -0.2) is 36.9 Å². The van der Waals surface area contributed by atoms with E-state index in [1.807, 2.05) is 7.05 Å². The molecule has 0 amide bonds. The first-order valence-corrected chi connectivity index (χ1v) is 3.77. The van der Waals surface area contributed by atoms with Crippen LogP contribution < -0.4 is 5.32 Å². The third-order valence-electron chi connectivity index (χ3n) is 1.81. The first-order chi connectivity index (χ1) is 5.24.